The predicted molar refractivity (Wildman–Crippen MR) is 83.6 cm³/mol. The van der Waals surface area contributed by atoms with Crippen molar-refractivity contribution in [2.75, 3.05) is 6.73 Å². The molecule has 1 aromatic rings. The SMILES string of the molecule is C[C@@H]1CC[C@](CC(F)(F)F)(C(=O)N2COc3ccc(C(F)(F)F)cc3C2)C1. The summed E-state index contributed by atoms with van der Waals surface area (Å²) in [6.07, 6.45) is -9.56. The molecule has 0 N–H and O–H groups in total. The van der Waals surface area contributed by atoms with E-state index in [9.17, 15) is 31.1 Å². The molecule has 0 unspecified atom stereocenters. The molecule has 2 aliphatic rings. The second kappa shape index (κ2) is 6.60. The molecule has 1 aromatic carbocycles. The van der Waals surface area contributed by atoms with Crippen LogP contribution in [0.3, 0.4) is 0 Å². The lowest BCUT2D eigenvalue weighted by molar-refractivity contribution is -0.176. The van der Waals surface area contributed by atoms with Crippen LogP contribution in [0.2, 0.25) is 0 Å². The first kappa shape index (κ1) is 19.8. The summed E-state index contributed by atoms with van der Waals surface area (Å²) in [5.41, 5.74) is -2.32. The van der Waals surface area contributed by atoms with Gasteiger partial charge in [0.25, 0.3) is 0 Å². The van der Waals surface area contributed by atoms with Crippen molar-refractivity contribution in [1.82, 2.24) is 4.90 Å². The molecule has 0 bridgehead atoms. The lowest BCUT2D eigenvalue weighted by atomic mass is 9.80. The minimum absolute atomic E-state index is 0.0221. The molecule has 1 fully saturated rings. The smallest absolute Gasteiger partial charge is 0.416 e. The van der Waals surface area contributed by atoms with E-state index in [4.69, 9.17) is 4.74 Å². The maximum atomic E-state index is 13.1. The van der Waals surface area contributed by atoms with Crippen LogP contribution in [0.4, 0.5) is 26.3 Å². The molecule has 1 heterocycles. The van der Waals surface area contributed by atoms with Crippen molar-refractivity contribution in [3.63, 3.8) is 0 Å². The van der Waals surface area contributed by atoms with Gasteiger partial charge in [-0.05, 0) is 43.4 Å². The zero-order valence-corrected chi connectivity index (χ0v) is 14.6. The van der Waals surface area contributed by atoms with Crippen LogP contribution in [-0.4, -0.2) is 23.7 Å². The monoisotopic (exact) mass is 395 g/mol. The zero-order chi connectivity index (χ0) is 20.0. The second-order valence-corrected chi connectivity index (χ2v) is 7.52. The Morgan fingerprint density at radius 2 is 1.96 bits per heavy atom. The molecule has 1 amide bonds. The van der Waals surface area contributed by atoms with Crippen molar-refractivity contribution in [2.24, 2.45) is 11.3 Å². The van der Waals surface area contributed by atoms with Gasteiger partial charge in [-0.15, -0.1) is 0 Å². The van der Waals surface area contributed by atoms with Crippen LogP contribution in [0.15, 0.2) is 18.2 Å². The average molecular weight is 395 g/mol. The molecule has 150 valence electrons. The Hall–Kier alpha value is -1.93. The summed E-state index contributed by atoms with van der Waals surface area (Å²) in [7, 11) is 0. The molecule has 0 saturated heterocycles. The van der Waals surface area contributed by atoms with Crippen molar-refractivity contribution in [1.29, 1.82) is 0 Å². The number of rotatable bonds is 2. The van der Waals surface area contributed by atoms with Gasteiger partial charge < -0.3 is 9.64 Å². The largest absolute Gasteiger partial charge is 0.473 e. The summed E-state index contributed by atoms with van der Waals surface area (Å²) in [5.74, 6) is -0.518. The second-order valence-electron chi connectivity index (χ2n) is 7.52. The van der Waals surface area contributed by atoms with Crippen molar-refractivity contribution < 1.29 is 35.9 Å². The van der Waals surface area contributed by atoms with Gasteiger partial charge in [-0.2, -0.15) is 26.3 Å². The summed E-state index contributed by atoms with van der Waals surface area (Å²) in [5, 5.41) is 0. The number of fused-ring (bicyclic) bond motifs is 1. The topological polar surface area (TPSA) is 29.5 Å². The van der Waals surface area contributed by atoms with E-state index in [1.54, 1.807) is 6.92 Å². The molecule has 1 aliphatic carbocycles. The number of benzene rings is 1. The highest BCUT2D eigenvalue weighted by Crippen LogP contribution is 2.50. The van der Waals surface area contributed by atoms with Crippen LogP contribution in [0.1, 0.15) is 43.7 Å². The molecule has 2 atom stereocenters. The third-order valence-electron chi connectivity index (χ3n) is 5.26. The average Bonchev–Trinajstić information content (AvgIpc) is 2.92. The Kier molecular flexibility index (Phi) is 4.84. The van der Waals surface area contributed by atoms with Gasteiger partial charge in [0, 0.05) is 5.56 Å². The van der Waals surface area contributed by atoms with Gasteiger partial charge in [0.1, 0.15) is 5.75 Å². The van der Waals surface area contributed by atoms with Gasteiger partial charge in [-0.25, -0.2) is 0 Å². The Morgan fingerprint density at radius 1 is 1.26 bits per heavy atom. The van der Waals surface area contributed by atoms with Gasteiger partial charge in [0.05, 0.1) is 23.9 Å². The first-order valence-corrected chi connectivity index (χ1v) is 8.59. The fourth-order valence-electron chi connectivity index (χ4n) is 4.09. The lowest BCUT2D eigenvalue weighted by Gasteiger charge is -2.37. The van der Waals surface area contributed by atoms with Crippen LogP contribution in [0, 0.1) is 11.3 Å². The first-order chi connectivity index (χ1) is 12.4. The number of hydrogen-bond acceptors (Lipinski definition) is 2. The summed E-state index contributed by atoms with van der Waals surface area (Å²) in [6.45, 7) is 1.32. The Labute approximate surface area is 152 Å². The van der Waals surface area contributed by atoms with Gasteiger partial charge in [0.2, 0.25) is 5.91 Å². The highest BCUT2D eigenvalue weighted by Gasteiger charge is 2.52. The minimum Gasteiger partial charge on any atom is -0.473 e. The molecular formula is C18H19F6NO2. The Morgan fingerprint density at radius 3 is 2.52 bits per heavy atom. The molecule has 1 aliphatic heterocycles. The Balaban J connectivity index is 1.85. The summed E-state index contributed by atoms with van der Waals surface area (Å²) in [6, 6.07) is 2.92. The fourth-order valence-corrected chi connectivity index (χ4v) is 4.09. The van der Waals surface area contributed by atoms with Gasteiger partial charge >= 0.3 is 12.4 Å². The third kappa shape index (κ3) is 4.16. The quantitative estimate of drug-likeness (QED) is 0.649. The van der Waals surface area contributed by atoms with Crippen LogP contribution in [-0.2, 0) is 17.5 Å². The molecular weight excluding hydrogens is 376 g/mol. The lowest BCUT2D eigenvalue weighted by Crippen LogP contribution is -2.47. The number of alkyl halides is 6. The number of nitrogens with zero attached hydrogens (tertiary/aromatic N) is 1. The number of halogens is 6. The molecule has 3 nitrogen and oxygen atoms in total. The van der Waals surface area contributed by atoms with E-state index < -0.39 is 35.7 Å². The molecule has 27 heavy (non-hydrogen) atoms. The normalized spacial score (nSPS) is 25.9. The van der Waals surface area contributed by atoms with E-state index in [1.807, 2.05) is 0 Å². The zero-order valence-electron chi connectivity index (χ0n) is 14.6. The van der Waals surface area contributed by atoms with E-state index in [0.29, 0.717) is 6.42 Å². The van der Waals surface area contributed by atoms with E-state index in [0.717, 1.165) is 17.0 Å². The van der Waals surface area contributed by atoms with Crippen molar-refractivity contribution in [2.45, 2.75) is 51.5 Å². The van der Waals surface area contributed by atoms with Gasteiger partial charge in [-0.3, -0.25) is 4.79 Å². The highest BCUT2D eigenvalue weighted by molar-refractivity contribution is 5.83. The molecule has 1 saturated carbocycles. The maximum absolute atomic E-state index is 13.1. The number of hydrogen-bond donors (Lipinski definition) is 0. The molecule has 9 heteroatoms. The van der Waals surface area contributed by atoms with Crippen LogP contribution in [0.5, 0.6) is 5.75 Å². The molecule has 3 rings (SSSR count). The summed E-state index contributed by atoms with van der Waals surface area (Å²) < 4.78 is 83.4. The van der Waals surface area contributed by atoms with E-state index in [2.05, 4.69) is 0 Å². The summed E-state index contributed by atoms with van der Waals surface area (Å²) in [4.78, 5) is 14.1. The van der Waals surface area contributed by atoms with Crippen LogP contribution < -0.4 is 4.74 Å². The minimum atomic E-state index is -4.56. The van der Waals surface area contributed by atoms with Crippen molar-refractivity contribution >= 4 is 5.91 Å². The number of ether oxygens (including phenoxy) is 1. The standard InChI is InChI=1S/C18H19F6NO2/c1-11-4-5-16(7-11,9-17(19,20)21)15(26)25-8-12-6-13(18(22,23)24)2-3-14(12)27-10-25/h2-3,6,11H,4-5,7-10H2,1H3/t11-,16+/m1/s1. The van der Waals surface area contributed by atoms with Gasteiger partial charge in [0.15, 0.2) is 6.73 Å². The fraction of sp³-hybridized carbons (Fsp3) is 0.611. The molecule has 0 radical (unpaired) electrons. The first-order valence-electron chi connectivity index (χ1n) is 8.59. The van der Waals surface area contributed by atoms with E-state index in [1.165, 1.54) is 6.07 Å². The molecule has 0 spiro atoms. The van der Waals surface area contributed by atoms with E-state index in [-0.39, 0.29) is 43.3 Å². The maximum Gasteiger partial charge on any atom is 0.416 e. The van der Waals surface area contributed by atoms with Crippen LogP contribution >= 0.6 is 0 Å². The Bertz CT molecular complexity index is 730. The summed E-state index contributed by atoms with van der Waals surface area (Å²) >= 11 is 0. The van der Waals surface area contributed by atoms with Crippen LogP contribution in [0.25, 0.3) is 0 Å². The number of carbonyl (C=O) groups is 1. The van der Waals surface area contributed by atoms with Crippen molar-refractivity contribution in [3.05, 3.63) is 29.3 Å². The molecule has 0 aromatic heterocycles. The van der Waals surface area contributed by atoms with Gasteiger partial charge in [-0.1, -0.05) is 6.92 Å². The third-order valence-corrected chi connectivity index (χ3v) is 5.26. The van der Waals surface area contributed by atoms with Crippen molar-refractivity contribution in [3.8, 4) is 5.75 Å². The number of amides is 1. The van der Waals surface area contributed by atoms with E-state index >= 15 is 0 Å². The number of carbonyl (C=O) groups excluding carboxylic acids is 1. The predicted octanol–water partition coefficient (Wildman–Crippen LogP) is 5.14. The highest BCUT2D eigenvalue weighted by atomic mass is 19.4.